The van der Waals surface area contributed by atoms with Crippen molar-refractivity contribution in [2.75, 3.05) is 24.3 Å². The van der Waals surface area contributed by atoms with Crippen LogP contribution in [0.15, 0.2) is 67.0 Å². The molecule has 0 spiro atoms. The molecular formula is C23H21FN4O3. The Bertz CT molecular complexity index is 1220. The highest BCUT2D eigenvalue weighted by Gasteiger charge is 2.12. The van der Waals surface area contributed by atoms with Gasteiger partial charge in [0.1, 0.15) is 11.6 Å². The van der Waals surface area contributed by atoms with Crippen LogP contribution in [0.4, 0.5) is 15.8 Å². The van der Waals surface area contributed by atoms with Crippen LogP contribution in [-0.2, 0) is 4.79 Å². The summed E-state index contributed by atoms with van der Waals surface area (Å²) in [4.78, 5) is 16.8. The van der Waals surface area contributed by atoms with Gasteiger partial charge in [-0.2, -0.15) is 0 Å². The predicted molar refractivity (Wildman–Crippen MR) is 117 cm³/mol. The molecule has 0 unspecified atom stereocenters. The third kappa shape index (κ3) is 4.58. The maximum absolute atomic E-state index is 13.0. The second-order valence-electron chi connectivity index (χ2n) is 6.76. The maximum atomic E-state index is 13.0. The lowest BCUT2D eigenvalue weighted by Gasteiger charge is -2.08. The molecule has 4 aromatic rings. The molecule has 1 amide bonds. The van der Waals surface area contributed by atoms with Crippen molar-refractivity contribution >= 4 is 22.9 Å². The summed E-state index contributed by atoms with van der Waals surface area (Å²) in [5.41, 5.74) is 9.21. The molecule has 0 saturated heterocycles. The molecule has 0 aliphatic carbocycles. The van der Waals surface area contributed by atoms with Crippen molar-refractivity contribution in [3.8, 4) is 22.8 Å². The number of nitrogens with one attached hydrogen (secondary N) is 1. The highest BCUT2D eigenvalue weighted by Crippen LogP contribution is 2.30. The number of ether oxygens (including phenoxy) is 2. The van der Waals surface area contributed by atoms with Crippen LogP contribution in [0.5, 0.6) is 11.5 Å². The van der Waals surface area contributed by atoms with Gasteiger partial charge in [-0.25, -0.2) is 9.37 Å². The predicted octanol–water partition coefficient (Wildman–Crippen LogP) is 4.14. The summed E-state index contributed by atoms with van der Waals surface area (Å²) in [6.07, 6.45) is 3.70. The van der Waals surface area contributed by atoms with Gasteiger partial charge >= 0.3 is 0 Å². The number of carbonyl (C=O) groups excluding carboxylic acids is 1. The number of carbonyl (C=O) groups is 1. The van der Waals surface area contributed by atoms with E-state index in [4.69, 9.17) is 15.2 Å². The van der Waals surface area contributed by atoms with E-state index in [0.717, 1.165) is 5.56 Å². The summed E-state index contributed by atoms with van der Waals surface area (Å²) in [5.74, 6) is 0.359. The lowest BCUT2D eigenvalue weighted by atomic mass is 10.1. The number of rotatable bonds is 7. The fraction of sp³-hybridized carbons (Fsp3) is 0.130. The molecule has 0 bridgehead atoms. The van der Waals surface area contributed by atoms with Gasteiger partial charge < -0.3 is 24.9 Å². The van der Waals surface area contributed by atoms with Crippen LogP contribution >= 0.6 is 0 Å². The van der Waals surface area contributed by atoms with Crippen LogP contribution in [0, 0.1) is 5.82 Å². The molecule has 0 aliphatic heterocycles. The van der Waals surface area contributed by atoms with Crippen molar-refractivity contribution in [3.63, 3.8) is 0 Å². The van der Waals surface area contributed by atoms with Crippen molar-refractivity contribution in [1.29, 1.82) is 0 Å². The average Bonchev–Trinajstić information content (AvgIpc) is 3.20. The summed E-state index contributed by atoms with van der Waals surface area (Å²) >= 11 is 0. The molecule has 2 aromatic heterocycles. The summed E-state index contributed by atoms with van der Waals surface area (Å²) in [7, 11) is 0. The number of halogens is 1. The summed E-state index contributed by atoms with van der Waals surface area (Å²) < 4.78 is 26.0. The highest BCUT2D eigenvalue weighted by atomic mass is 19.1. The zero-order chi connectivity index (χ0) is 21.8. The normalized spacial score (nSPS) is 10.8. The molecular weight excluding hydrogens is 399 g/mol. The number of benzene rings is 2. The molecule has 31 heavy (non-hydrogen) atoms. The Labute approximate surface area is 178 Å². The molecule has 0 fully saturated rings. The topological polar surface area (TPSA) is 90.9 Å². The molecule has 0 saturated carbocycles. The van der Waals surface area contributed by atoms with Gasteiger partial charge in [0.05, 0.1) is 18.0 Å². The molecule has 3 N–H and O–H groups in total. The minimum atomic E-state index is -0.370. The summed E-state index contributed by atoms with van der Waals surface area (Å²) in [6.45, 7) is 2.22. The molecule has 7 nitrogen and oxygen atoms in total. The molecule has 0 radical (unpaired) electrons. The second-order valence-corrected chi connectivity index (χ2v) is 6.76. The van der Waals surface area contributed by atoms with Gasteiger partial charge in [0.15, 0.2) is 18.0 Å². The minimum Gasteiger partial charge on any atom is -0.492 e. The Kier molecular flexibility index (Phi) is 5.70. The van der Waals surface area contributed by atoms with E-state index in [1.54, 1.807) is 12.1 Å². The highest BCUT2D eigenvalue weighted by molar-refractivity contribution is 5.91. The number of amides is 1. The van der Waals surface area contributed by atoms with Crippen LogP contribution in [0.2, 0.25) is 0 Å². The number of nitrogens with two attached hydrogens (primary N) is 1. The number of fused-ring (bicyclic) bond motifs is 1. The van der Waals surface area contributed by atoms with Gasteiger partial charge in [0.2, 0.25) is 0 Å². The van der Waals surface area contributed by atoms with Crippen molar-refractivity contribution < 1.29 is 18.7 Å². The van der Waals surface area contributed by atoms with E-state index in [-0.39, 0.29) is 18.3 Å². The summed E-state index contributed by atoms with van der Waals surface area (Å²) in [6, 6.07) is 14.6. The SMILES string of the molecule is CCOc1ccc(-c2cn3cccc(OCC(=O)Nc4ccc(F)cc4)c3n2)cc1N. The number of nitrogens with zero attached hydrogens (tertiary/aromatic N) is 2. The summed E-state index contributed by atoms with van der Waals surface area (Å²) in [5, 5.41) is 2.66. The van der Waals surface area contributed by atoms with Gasteiger partial charge in [-0.05, 0) is 61.5 Å². The largest absolute Gasteiger partial charge is 0.492 e. The third-order valence-electron chi connectivity index (χ3n) is 4.54. The number of hydrogen-bond donors (Lipinski definition) is 2. The second kappa shape index (κ2) is 8.74. The van der Waals surface area contributed by atoms with Gasteiger partial charge in [-0.15, -0.1) is 0 Å². The van der Waals surface area contributed by atoms with Crippen LogP contribution in [0.3, 0.4) is 0 Å². The van der Waals surface area contributed by atoms with Crippen LogP contribution < -0.4 is 20.5 Å². The van der Waals surface area contributed by atoms with Crippen LogP contribution in [0.25, 0.3) is 16.9 Å². The number of aromatic nitrogens is 2. The van der Waals surface area contributed by atoms with E-state index in [0.29, 0.717) is 40.8 Å². The molecule has 158 valence electrons. The van der Waals surface area contributed by atoms with Crippen LogP contribution in [0.1, 0.15) is 6.92 Å². The van der Waals surface area contributed by atoms with Gasteiger partial charge in [0, 0.05) is 23.6 Å². The van der Waals surface area contributed by atoms with E-state index in [1.165, 1.54) is 24.3 Å². The van der Waals surface area contributed by atoms with Gasteiger partial charge in [-0.1, -0.05) is 0 Å². The maximum Gasteiger partial charge on any atom is 0.262 e. The number of hydrogen-bond acceptors (Lipinski definition) is 5. The quantitative estimate of drug-likeness (QED) is 0.439. The number of imidazole rings is 1. The van der Waals surface area contributed by atoms with Crippen molar-refractivity contribution in [2.45, 2.75) is 6.92 Å². The lowest BCUT2D eigenvalue weighted by molar-refractivity contribution is -0.118. The van der Waals surface area contributed by atoms with Gasteiger partial charge in [-0.3, -0.25) is 4.79 Å². The standard InChI is InChI=1S/C23H21FN4O3/c1-2-30-20-10-5-15(12-18(20)25)19-13-28-11-3-4-21(23(28)27-19)31-14-22(29)26-17-8-6-16(24)7-9-17/h3-13H,2,14,25H2,1H3,(H,26,29). The minimum absolute atomic E-state index is 0.213. The Balaban J connectivity index is 1.50. The molecule has 2 aromatic carbocycles. The number of pyridine rings is 1. The first kappa shape index (κ1) is 20.2. The van der Waals surface area contributed by atoms with E-state index in [9.17, 15) is 9.18 Å². The fourth-order valence-electron chi connectivity index (χ4n) is 3.11. The first-order chi connectivity index (χ1) is 15.0. The first-order valence-corrected chi connectivity index (χ1v) is 9.72. The fourth-order valence-corrected chi connectivity index (χ4v) is 3.11. The Morgan fingerprint density at radius 3 is 2.68 bits per heavy atom. The van der Waals surface area contributed by atoms with Gasteiger partial charge in [0.25, 0.3) is 5.91 Å². The van der Waals surface area contributed by atoms with E-state index in [1.807, 2.05) is 41.9 Å². The molecule has 0 aliphatic rings. The number of nitrogen functional groups attached to an aromatic ring is 1. The zero-order valence-corrected chi connectivity index (χ0v) is 16.8. The zero-order valence-electron chi connectivity index (χ0n) is 16.8. The molecule has 4 rings (SSSR count). The van der Waals surface area contributed by atoms with Crippen molar-refractivity contribution in [3.05, 3.63) is 72.8 Å². The Hall–Kier alpha value is -4.07. The average molecular weight is 420 g/mol. The molecule has 8 heteroatoms. The molecule has 0 atom stereocenters. The monoisotopic (exact) mass is 420 g/mol. The first-order valence-electron chi connectivity index (χ1n) is 9.72. The van der Waals surface area contributed by atoms with E-state index < -0.39 is 0 Å². The Morgan fingerprint density at radius 1 is 1.13 bits per heavy atom. The van der Waals surface area contributed by atoms with Crippen LogP contribution in [-0.4, -0.2) is 28.5 Å². The molecule has 2 heterocycles. The van der Waals surface area contributed by atoms with Crippen molar-refractivity contribution in [2.24, 2.45) is 0 Å². The van der Waals surface area contributed by atoms with E-state index in [2.05, 4.69) is 10.3 Å². The third-order valence-corrected chi connectivity index (χ3v) is 4.54. The smallest absolute Gasteiger partial charge is 0.262 e. The van der Waals surface area contributed by atoms with E-state index >= 15 is 0 Å². The lowest BCUT2D eigenvalue weighted by Crippen LogP contribution is -2.20. The van der Waals surface area contributed by atoms with Crippen molar-refractivity contribution in [1.82, 2.24) is 9.38 Å². The Morgan fingerprint density at radius 2 is 1.94 bits per heavy atom. The number of anilines is 2.